The molecule has 1 N–H and O–H groups in total. The van der Waals surface area contributed by atoms with Gasteiger partial charge in [0.05, 0.1) is 21.5 Å². The van der Waals surface area contributed by atoms with Crippen LogP contribution in [0.2, 0.25) is 10.0 Å². The number of hydrogen-bond acceptors (Lipinski definition) is 4. The van der Waals surface area contributed by atoms with E-state index in [1.165, 1.54) is 30.3 Å². The maximum absolute atomic E-state index is 14.0. The molecule has 172 valence electrons. The minimum absolute atomic E-state index is 0. The Kier molecular flexibility index (Phi) is 7.49. The second-order valence-electron chi connectivity index (χ2n) is 7.53. The maximum Gasteiger partial charge on any atom is 0.450 e. The van der Waals surface area contributed by atoms with Crippen LogP contribution in [-0.4, -0.2) is 23.1 Å². The van der Waals surface area contributed by atoms with Gasteiger partial charge in [0.25, 0.3) is 0 Å². The highest BCUT2D eigenvalue weighted by Crippen LogP contribution is 2.41. The van der Waals surface area contributed by atoms with Crippen LogP contribution in [-0.2, 0) is 12.7 Å². The quantitative estimate of drug-likeness (QED) is 0.541. The van der Waals surface area contributed by atoms with Crippen LogP contribution in [0.25, 0.3) is 22.1 Å². The van der Waals surface area contributed by atoms with Gasteiger partial charge in [-0.15, -0.1) is 0 Å². The van der Waals surface area contributed by atoms with Crippen molar-refractivity contribution in [1.82, 2.24) is 4.90 Å². The third kappa shape index (κ3) is 4.78. The lowest BCUT2D eigenvalue weighted by Crippen LogP contribution is -3.00. The number of piperidine rings is 1. The van der Waals surface area contributed by atoms with Crippen molar-refractivity contribution in [2.24, 2.45) is 0 Å². The molecule has 3 aromatic rings. The Morgan fingerprint density at radius 2 is 1.75 bits per heavy atom. The Morgan fingerprint density at radius 1 is 1.06 bits per heavy atom. The lowest BCUT2D eigenvalue weighted by atomic mass is 9.99. The van der Waals surface area contributed by atoms with Crippen molar-refractivity contribution in [2.45, 2.75) is 32.0 Å². The summed E-state index contributed by atoms with van der Waals surface area (Å²) in [4.78, 5) is 15.3. The summed E-state index contributed by atoms with van der Waals surface area (Å²) in [6.07, 6.45) is -1.96. The summed E-state index contributed by atoms with van der Waals surface area (Å²) in [6.45, 7) is 1.69. The first-order valence-electron chi connectivity index (χ1n) is 9.73. The van der Waals surface area contributed by atoms with E-state index in [0.29, 0.717) is 0 Å². The molecule has 10 heteroatoms. The maximum atomic E-state index is 14.0. The number of benzene rings is 2. The molecule has 0 atom stereocenters. The molecule has 2 aromatic carbocycles. The molecule has 0 bridgehead atoms. The highest BCUT2D eigenvalue weighted by molar-refractivity contribution is 6.36. The molecule has 1 saturated heterocycles. The Labute approximate surface area is 202 Å². The molecule has 0 unspecified atom stereocenters. The zero-order valence-corrected chi connectivity index (χ0v) is 19.7. The average Bonchev–Trinajstić information content (AvgIpc) is 2.71. The van der Waals surface area contributed by atoms with Gasteiger partial charge in [-0.3, -0.25) is 9.69 Å². The number of likely N-dealkylation sites (tertiary alicyclic amines) is 1. The Hall–Kier alpha value is -1.74. The van der Waals surface area contributed by atoms with Gasteiger partial charge in [0.1, 0.15) is 11.3 Å². The van der Waals surface area contributed by atoms with Crippen molar-refractivity contribution in [3.63, 3.8) is 0 Å². The van der Waals surface area contributed by atoms with Crippen LogP contribution in [0, 0.1) is 0 Å². The molecule has 0 spiro atoms. The number of alkyl halides is 3. The normalized spacial score (nSPS) is 15.0. The number of nitrogens with zero attached hydrogens (tertiary/aromatic N) is 1. The summed E-state index contributed by atoms with van der Waals surface area (Å²) in [7, 11) is 0. The highest BCUT2D eigenvalue weighted by Gasteiger charge is 2.40. The van der Waals surface area contributed by atoms with Crippen molar-refractivity contribution in [2.75, 3.05) is 13.1 Å². The minimum Gasteiger partial charge on any atom is -1.00 e. The molecular formula is C22H18BrCl2F3NO3-. The fourth-order valence-electron chi connectivity index (χ4n) is 3.93. The van der Waals surface area contributed by atoms with Crippen molar-refractivity contribution in [3.8, 4) is 16.9 Å². The fourth-order valence-corrected chi connectivity index (χ4v) is 4.44. The van der Waals surface area contributed by atoms with E-state index in [0.717, 1.165) is 32.4 Å². The molecule has 0 radical (unpaired) electrons. The van der Waals surface area contributed by atoms with Gasteiger partial charge >= 0.3 is 6.18 Å². The molecule has 1 fully saturated rings. The Bertz CT molecular complexity index is 1210. The summed E-state index contributed by atoms with van der Waals surface area (Å²) < 4.78 is 47.2. The lowest BCUT2D eigenvalue weighted by Gasteiger charge is -2.27. The third-order valence-corrected chi connectivity index (χ3v) is 5.97. The van der Waals surface area contributed by atoms with E-state index in [4.69, 9.17) is 27.6 Å². The van der Waals surface area contributed by atoms with Crippen molar-refractivity contribution in [1.29, 1.82) is 0 Å². The number of fused-ring (bicyclic) bond motifs is 1. The predicted molar refractivity (Wildman–Crippen MR) is 114 cm³/mol. The third-order valence-electron chi connectivity index (χ3n) is 5.43. The van der Waals surface area contributed by atoms with E-state index in [1.807, 2.05) is 4.90 Å². The molecule has 0 aliphatic carbocycles. The van der Waals surface area contributed by atoms with Crippen molar-refractivity contribution < 1.29 is 39.7 Å². The molecule has 1 aliphatic rings. The second-order valence-corrected chi connectivity index (χ2v) is 8.38. The number of rotatable bonds is 3. The summed E-state index contributed by atoms with van der Waals surface area (Å²) in [5.74, 6) is -1.67. The number of hydrogen-bond donors (Lipinski definition) is 1. The van der Waals surface area contributed by atoms with E-state index >= 15 is 0 Å². The van der Waals surface area contributed by atoms with Crippen LogP contribution in [0.1, 0.15) is 30.6 Å². The fraction of sp³-hybridized carbons (Fsp3) is 0.318. The van der Waals surface area contributed by atoms with Gasteiger partial charge in [-0.2, -0.15) is 13.2 Å². The summed E-state index contributed by atoms with van der Waals surface area (Å²) in [5.41, 5.74) is -1.79. The van der Waals surface area contributed by atoms with Crippen LogP contribution >= 0.6 is 23.2 Å². The molecule has 32 heavy (non-hydrogen) atoms. The van der Waals surface area contributed by atoms with Crippen molar-refractivity contribution in [3.05, 3.63) is 61.9 Å². The summed E-state index contributed by atoms with van der Waals surface area (Å²) in [5, 5.41) is 10.4. The van der Waals surface area contributed by atoms with Crippen LogP contribution in [0.5, 0.6) is 5.75 Å². The van der Waals surface area contributed by atoms with E-state index in [1.54, 1.807) is 0 Å². The number of phenolic OH excluding ortho intramolecular Hbond substituents is 1. The molecule has 2 heterocycles. The van der Waals surface area contributed by atoms with E-state index < -0.39 is 22.9 Å². The topological polar surface area (TPSA) is 53.7 Å². The smallest absolute Gasteiger partial charge is 0.450 e. The van der Waals surface area contributed by atoms with Gasteiger partial charge in [0.2, 0.25) is 11.2 Å². The van der Waals surface area contributed by atoms with E-state index in [9.17, 15) is 23.1 Å². The zero-order chi connectivity index (χ0) is 22.3. The molecule has 1 aliphatic heterocycles. The van der Waals surface area contributed by atoms with Gasteiger partial charge in [-0.1, -0.05) is 35.7 Å². The van der Waals surface area contributed by atoms with Crippen LogP contribution < -0.4 is 22.4 Å². The molecular weight excluding hydrogens is 534 g/mol. The van der Waals surface area contributed by atoms with Crippen LogP contribution in [0.4, 0.5) is 13.2 Å². The second kappa shape index (κ2) is 9.63. The lowest BCUT2D eigenvalue weighted by molar-refractivity contribution is -0.152. The predicted octanol–water partition coefficient (Wildman–Crippen LogP) is 3.48. The summed E-state index contributed by atoms with van der Waals surface area (Å²) >= 11 is 12.0. The standard InChI is InChI=1S/C22H18Cl2F3NO3.BrH/c23-12-4-5-13(16(24)10-12)18-19(30)14-6-7-17(29)15(11-28-8-2-1-3-9-28)20(14)31-21(18)22(25,26)27;/h4-7,10,29H,1-3,8-9,11H2;1H/p-1. The average molecular weight is 552 g/mol. The van der Waals surface area contributed by atoms with Gasteiger partial charge in [-0.25, -0.2) is 0 Å². The Balaban J connectivity index is 0.00000289. The van der Waals surface area contributed by atoms with Crippen LogP contribution in [0.3, 0.4) is 0 Å². The van der Waals surface area contributed by atoms with E-state index in [2.05, 4.69) is 0 Å². The van der Waals surface area contributed by atoms with Crippen molar-refractivity contribution >= 4 is 34.2 Å². The monoisotopic (exact) mass is 550 g/mol. The zero-order valence-electron chi connectivity index (χ0n) is 16.6. The highest BCUT2D eigenvalue weighted by atomic mass is 79.9. The first-order valence-corrected chi connectivity index (χ1v) is 10.5. The first kappa shape index (κ1) is 24.9. The molecule has 0 amide bonds. The molecule has 0 saturated carbocycles. The number of halogens is 6. The van der Waals surface area contributed by atoms with Gasteiger partial charge in [-0.05, 0) is 50.2 Å². The SMILES string of the molecule is O=c1c(-c2ccc(Cl)cc2Cl)c(C(F)(F)F)oc2c(CN3CCCCC3)c(O)ccc12.[Br-]. The first-order chi connectivity index (χ1) is 14.7. The van der Waals surface area contributed by atoms with Crippen LogP contribution in [0.15, 0.2) is 39.5 Å². The molecule has 1 aromatic heterocycles. The minimum atomic E-state index is -4.96. The number of aromatic hydroxyl groups is 1. The molecule has 4 rings (SSSR count). The number of phenols is 1. The van der Waals surface area contributed by atoms with Gasteiger partial charge in [0.15, 0.2) is 0 Å². The van der Waals surface area contributed by atoms with Gasteiger partial charge < -0.3 is 26.5 Å². The Morgan fingerprint density at radius 3 is 2.38 bits per heavy atom. The largest absolute Gasteiger partial charge is 1.00 e. The van der Waals surface area contributed by atoms with Gasteiger partial charge in [0, 0.05) is 17.1 Å². The molecule has 4 nitrogen and oxygen atoms in total. The van der Waals surface area contributed by atoms with E-state index in [-0.39, 0.29) is 61.4 Å². The summed E-state index contributed by atoms with van der Waals surface area (Å²) in [6, 6.07) is 6.45.